The van der Waals surface area contributed by atoms with E-state index in [-0.39, 0.29) is 99.9 Å². The third kappa shape index (κ3) is 40.2. The van der Waals surface area contributed by atoms with Crippen LogP contribution in [0.1, 0.15) is 340 Å². The van der Waals surface area contributed by atoms with Gasteiger partial charge in [-0.15, -0.1) is 0 Å². The van der Waals surface area contributed by atoms with Crippen LogP contribution in [0.3, 0.4) is 0 Å². The molecule has 0 aliphatic carbocycles. The predicted molar refractivity (Wildman–Crippen MR) is 569 cm³/mol. The first-order valence-electron chi connectivity index (χ1n) is 46.0. The summed E-state index contributed by atoms with van der Waals surface area (Å²) in [6.45, 7) is 81.8. The molecule has 138 heavy (non-hydrogen) atoms. The quantitative estimate of drug-likeness (QED) is 0.133. The topological polar surface area (TPSA) is 0 Å². The van der Waals surface area contributed by atoms with Crippen LogP contribution in [0.5, 0.6) is 0 Å². The first kappa shape index (κ1) is 128. The first-order valence-corrected chi connectivity index (χ1v) is 48.3. The molecule has 0 saturated heterocycles. The molecule has 11 aromatic carbocycles. The van der Waals surface area contributed by atoms with E-state index in [1.165, 1.54) is 47.5 Å². The number of hydrogen-bond acceptors (Lipinski definition) is 0. The molecule has 0 bridgehead atoms. The molecule has 19 heteroatoms. The van der Waals surface area contributed by atoms with Crippen LogP contribution in [0, 0.1) is 138 Å². The highest BCUT2D eigenvalue weighted by Crippen LogP contribution is 2.41. The van der Waals surface area contributed by atoms with Crippen molar-refractivity contribution < 1.29 is 57.1 Å². The number of hydrogen-bond donors (Lipinski definition) is 0. The Balaban J connectivity index is 0.000000759. The second-order valence-corrected chi connectivity index (χ2v) is 48.5. The van der Waals surface area contributed by atoms with Crippen molar-refractivity contribution in [3.05, 3.63) is 381 Å². The number of halogens is 19. The number of rotatable bonds is 0. The van der Waals surface area contributed by atoms with Crippen LogP contribution in [-0.4, -0.2) is 0 Å². The normalized spacial score (nSPS) is 11.8. The van der Waals surface area contributed by atoms with E-state index in [0.29, 0.717) is 64.6 Å². The lowest BCUT2D eigenvalue weighted by Crippen LogP contribution is -2.15. The summed E-state index contributed by atoms with van der Waals surface area (Å²) in [6, 6.07) is 45.3. The van der Waals surface area contributed by atoms with Crippen molar-refractivity contribution in [2.75, 3.05) is 0 Å². The highest BCUT2D eigenvalue weighted by molar-refractivity contribution is 6.33. The second-order valence-electron chi connectivity index (χ2n) is 46.1. The van der Waals surface area contributed by atoms with Crippen LogP contribution in [-0.2, 0) is 59.6 Å². The summed E-state index contributed by atoms with van der Waals surface area (Å²) in [6.07, 6.45) is 0. The van der Waals surface area contributed by atoms with Crippen molar-refractivity contribution >= 4 is 69.6 Å². The predicted octanol–water partition coefficient (Wildman–Crippen LogP) is 41.3. The summed E-state index contributed by atoms with van der Waals surface area (Å²) in [5.41, 5.74) is 13.3. The Kier molecular flexibility index (Phi) is 48.3. The molecule has 0 aliphatic rings. The minimum atomic E-state index is -0.776. The van der Waals surface area contributed by atoms with Gasteiger partial charge in [0.05, 0.1) is 20.1 Å². The molecule has 11 aromatic rings. The molecule has 0 unspecified atom stereocenters. The van der Waals surface area contributed by atoms with Gasteiger partial charge >= 0.3 is 0 Å². The van der Waals surface area contributed by atoms with Crippen molar-refractivity contribution in [3.8, 4) is 0 Å². The highest BCUT2D eigenvalue weighted by atomic mass is 35.5. The fourth-order valence-corrected chi connectivity index (χ4v) is 16.2. The second kappa shape index (κ2) is 52.0. The minimum Gasteiger partial charge on any atom is -0.207 e. The molecular formula is C119H153Cl6F13. The third-order valence-electron chi connectivity index (χ3n) is 22.0. The Hall–Kier alpha value is -7.75. The molecule has 0 aliphatic heterocycles. The molecule has 0 saturated carbocycles. The average molecular weight is 2040 g/mol. The highest BCUT2D eigenvalue weighted by Gasteiger charge is 2.30. The van der Waals surface area contributed by atoms with E-state index >= 15 is 0 Å². The summed E-state index contributed by atoms with van der Waals surface area (Å²) in [5.74, 6) is -5.35. The molecule has 0 aromatic heterocycles. The molecule has 0 nitrogen and oxygen atoms in total. The van der Waals surface area contributed by atoms with Gasteiger partial charge in [0.25, 0.3) is 0 Å². The van der Waals surface area contributed by atoms with Crippen LogP contribution < -0.4 is 0 Å². The monoisotopic (exact) mass is 2040 g/mol. The largest absolute Gasteiger partial charge is 0.207 e. The third-order valence-corrected chi connectivity index (χ3v) is 24.5. The molecule has 762 valence electrons. The van der Waals surface area contributed by atoms with E-state index < -0.39 is 40.3 Å². The van der Waals surface area contributed by atoms with Gasteiger partial charge in [0.15, 0.2) is 23.3 Å². The van der Waals surface area contributed by atoms with Gasteiger partial charge in [0.1, 0.15) is 52.4 Å². The van der Waals surface area contributed by atoms with Gasteiger partial charge in [-0.05, 0) is 254 Å². The van der Waals surface area contributed by atoms with Crippen LogP contribution in [0.4, 0.5) is 57.1 Å². The zero-order chi connectivity index (χ0) is 108. The Morgan fingerprint density at radius 2 is 0.435 bits per heavy atom. The van der Waals surface area contributed by atoms with E-state index in [9.17, 15) is 57.1 Å². The van der Waals surface area contributed by atoms with Crippen molar-refractivity contribution in [2.24, 2.45) is 0 Å². The van der Waals surface area contributed by atoms with Gasteiger partial charge in [-0.2, -0.15) is 0 Å². The standard InChI is InChI=1S/C11H13ClF2.3C11H14ClF.C11H15Cl.C11H14F2.3C11H15F.C10H12ClF.C10H12F2/c1-6-7(13)5-8(14)9(10(6)12)11(2,3)4;3*1-7-9(13)6-5-8(10(7)12)11(2,3)4;1-8-5-6-9(10(12)7-8)11(2,3)4;1-7-5-6-8(11(2,3)4)10(13)9(7)12;1-8-5-6-9(10(12)7-8)11(2,3)4;2*1-8-6-5-7-9(10(8)12)11(2,3)4;1-10(2,3)8-5-4-7(12)6-9(8)11;1-10(2,3)7-5-4-6-8(11)9(7)12/h5H,1-4H3;3*5-6H,1-4H3;5-7H,1-4H3;5-6H,1-4H3;3*5-7H,1-4H3;2*4-6H,1-3H3. The van der Waals surface area contributed by atoms with Crippen molar-refractivity contribution in [1.29, 1.82) is 0 Å². The van der Waals surface area contributed by atoms with Gasteiger partial charge in [-0.25, -0.2) is 57.1 Å². The molecule has 0 heterocycles. The van der Waals surface area contributed by atoms with Crippen LogP contribution >= 0.6 is 69.6 Å². The zero-order valence-corrected chi connectivity index (χ0v) is 94.3. The fourth-order valence-electron chi connectivity index (χ4n) is 13.4. The van der Waals surface area contributed by atoms with Crippen LogP contribution in [0.2, 0.25) is 30.1 Å². The SMILES string of the molecule is CC(C)(C)c1ccc(F)cc1Cl.CC(C)(C)c1cccc(F)c1F.Cc1c(F)cc(F)c(C(C)(C)C)c1Cl.Cc1c(F)ccc(C(C)(C)C)c1Cl.Cc1c(F)ccc(C(C)(C)C)c1Cl.Cc1c(F)ccc(C(C)(C)C)c1Cl.Cc1ccc(C(C)(C)C)c(Cl)c1.Cc1ccc(C(C)(C)C)c(F)c1.Cc1ccc(C(C)(C)C)c(F)c1F.Cc1cccc(C(C)(C)C)c1F.Cc1cccc(C(C)(C)C)c1F. The average Bonchev–Trinajstić information content (AvgIpc) is 0.782. The van der Waals surface area contributed by atoms with E-state index in [1.807, 2.05) is 195 Å². The maximum Gasteiger partial charge on any atom is 0.162 e. The lowest BCUT2D eigenvalue weighted by atomic mass is 9.85. The number of benzene rings is 11. The molecule has 0 fully saturated rings. The Morgan fingerprint density at radius 3 is 0.725 bits per heavy atom. The number of aryl methyl sites for hydroxylation is 5. The smallest absolute Gasteiger partial charge is 0.162 e. The van der Waals surface area contributed by atoms with Gasteiger partial charge in [-0.1, -0.05) is 407 Å². The summed E-state index contributed by atoms with van der Waals surface area (Å²) in [4.78, 5) is 0. The lowest BCUT2D eigenvalue weighted by molar-refractivity contribution is 0.461. The summed E-state index contributed by atoms with van der Waals surface area (Å²) < 4.78 is 171. The molecule has 11 rings (SSSR count). The summed E-state index contributed by atoms with van der Waals surface area (Å²) in [5, 5.41) is 3.22. The maximum atomic E-state index is 13.5. The van der Waals surface area contributed by atoms with Crippen molar-refractivity contribution in [1.82, 2.24) is 0 Å². The fraction of sp³-hybridized carbons (Fsp3) is 0.445. The Labute approximate surface area is 851 Å². The van der Waals surface area contributed by atoms with Crippen LogP contribution in [0.15, 0.2) is 164 Å². The van der Waals surface area contributed by atoms with E-state index in [0.717, 1.165) is 72.8 Å². The molecule has 0 spiro atoms. The molecule has 0 amide bonds. The molecule has 0 radical (unpaired) electrons. The van der Waals surface area contributed by atoms with E-state index in [1.54, 1.807) is 109 Å². The Bertz CT molecular complexity index is 5260. The van der Waals surface area contributed by atoms with Gasteiger partial charge < -0.3 is 0 Å². The van der Waals surface area contributed by atoms with Gasteiger partial charge in [-0.3, -0.25) is 0 Å². The van der Waals surface area contributed by atoms with E-state index in [4.69, 9.17) is 69.6 Å². The molecular weight excluding hydrogens is 1890 g/mol. The van der Waals surface area contributed by atoms with Gasteiger partial charge in [0, 0.05) is 43.9 Å². The van der Waals surface area contributed by atoms with Crippen LogP contribution in [0.25, 0.3) is 0 Å². The minimum absolute atomic E-state index is 0.0230. The maximum absolute atomic E-state index is 13.5. The zero-order valence-electron chi connectivity index (χ0n) is 89.8. The summed E-state index contributed by atoms with van der Waals surface area (Å²) >= 11 is 36.0. The van der Waals surface area contributed by atoms with Gasteiger partial charge in [0.2, 0.25) is 0 Å². The first-order chi connectivity index (χ1) is 62.1. The van der Waals surface area contributed by atoms with E-state index in [2.05, 4.69) is 102 Å². The Morgan fingerprint density at radius 1 is 0.174 bits per heavy atom. The van der Waals surface area contributed by atoms with Crippen molar-refractivity contribution in [2.45, 2.75) is 350 Å². The van der Waals surface area contributed by atoms with Crippen molar-refractivity contribution in [3.63, 3.8) is 0 Å². The molecule has 0 atom stereocenters. The lowest BCUT2D eigenvalue weighted by Gasteiger charge is -2.22. The molecule has 0 N–H and O–H groups in total. The summed E-state index contributed by atoms with van der Waals surface area (Å²) in [7, 11) is 0.